The van der Waals surface area contributed by atoms with Gasteiger partial charge in [-0.1, -0.05) is 18.2 Å². The highest BCUT2D eigenvalue weighted by molar-refractivity contribution is 7.98. The van der Waals surface area contributed by atoms with Gasteiger partial charge in [-0.05, 0) is 67.3 Å². The van der Waals surface area contributed by atoms with Gasteiger partial charge in [-0.2, -0.15) is 11.8 Å². The average Bonchev–Trinajstić information content (AvgIpc) is 2.81. The van der Waals surface area contributed by atoms with Crippen LogP contribution in [-0.2, 0) is 19.4 Å². The zero-order valence-corrected chi connectivity index (χ0v) is 11.6. The quantitative estimate of drug-likeness (QED) is 0.743. The fourth-order valence-electron chi connectivity index (χ4n) is 2.46. The van der Waals surface area contributed by atoms with Crippen LogP contribution in [0.2, 0.25) is 0 Å². The lowest BCUT2D eigenvalue weighted by Gasteiger charge is -2.07. The molecule has 1 nitrogen and oxygen atoms in total. The molecule has 0 aromatic heterocycles. The number of hydrogen-bond acceptors (Lipinski definition) is 2. The van der Waals surface area contributed by atoms with Gasteiger partial charge in [0.25, 0.3) is 0 Å². The van der Waals surface area contributed by atoms with Crippen molar-refractivity contribution in [1.82, 2.24) is 5.32 Å². The van der Waals surface area contributed by atoms with Gasteiger partial charge in [0.2, 0.25) is 0 Å². The Morgan fingerprint density at radius 3 is 2.94 bits per heavy atom. The van der Waals surface area contributed by atoms with Crippen molar-refractivity contribution in [2.24, 2.45) is 0 Å². The molecule has 0 aliphatic heterocycles. The number of rotatable bonds is 7. The van der Waals surface area contributed by atoms with Crippen LogP contribution in [0.5, 0.6) is 0 Å². The summed E-state index contributed by atoms with van der Waals surface area (Å²) in [6.45, 7) is 2.18. The topological polar surface area (TPSA) is 12.0 Å². The molecule has 1 aliphatic carbocycles. The Balaban J connectivity index is 1.69. The first-order valence-corrected chi connectivity index (χ1v) is 8.10. The van der Waals surface area contributed by atoms with Crippen LogP contribution in [0.25, 0.3) is 0 Å². The van der Waals surface area contributed by atoms with E-state index < -0.39 is 0 Å². The summed E-state index contributed by atoms with van der Waals surface area (Å²) in [4.78, 5) is 0. The van der Waals surface area contributed by atoms with Crippen molar-refractivity contribution in [3.05, 3.63) is 34.9 Å². The van der Waals surface area contributed by atoms with Crippen LogP contribution in [0, 0.1) is 0 Å². The second-order valence-electron chi connectivity index (χ2n) is 4.83. The fourth-order valence-corrected chi connectivity index (χ4v) is 2.96. The minimum atomic E-state index is 1.03. The lowest BCUT2D eigenvalue weighted by Crippen LogP contribution is -2.15. The highest BCUT2D eigenvalue weighted by Crippen LogP contribution is 2.22. The zero-order valence-electron chi connectivity index (χ0n) is 10.8. The predicted octanol–water partition coefficient (Wildman–Crippen LogP) is 3.41. The summed E-state index contributed by atoms with van der Waals surface area (Å²) in [5.41, 5.74) is 4.62. The maximum Gasteiger partial charge on any atom is 0.0205 e. The third-order valence-corrected chi connectivity index (χ3v) is 4.14. The predicted molar refractivity (Wildman–Crippen MR) is 77.8 cm³/mol. The summed E-state index contributed by atoms with van der Waals surface area (Å²) in [7, 11) is 0. The van der Waals surface area contributed by atoms with Gasteiger partial charge in [-0.15, -0.1) is 0 Å². The number of aryl methyl sites for hydroxylation is 2. The Morgan fingerprint density at radius 1 is 1.18 bits per heavy atom. The molecule has 0 amide bonds. The van der Waals surface area contributed by atoms with E-state index in [1.54, 1.807) is 11.1 Å². The molecule has 0 saturated heterocycles. The van der Waals surface area contributed by atoms with Crippen LogP contribution < -0.4 is 5.32 Å². The molecular formula is C15H23NS. The molecule has 0 spiro atoms. The van der Waals surface area contributed by atoms with Gasteiger partial charge < -0.3 is 5.32 Å². The molecule has 0 bridgehead atoms. The second-order valence-corrected chi connectivity index (χ2v) is 5.82. The Hall–Kier alpha value is -0.470. The van der Waals surface area contributed by atoms with Crippen LogP contribution in [0.1, 0.15) is 36.0 Å². The monoisotopic (exact) mass is 249 g/mol. The standard InChI is InChI=1S/C15H23NS/c1-17-10-3-2-9-16-12-13-7-8-14-5-4-6-15(14)11-13/h7-8,11,16H,2-6,9-10,12H2,1H3. The van der Waals surface area contributed by atoms with E-state index in [-0.39, 0.29) is 0 Å². The second kappa shape index (κ2) is 7.07. The van der Waals surface area contributed by atoms with Crippen LogP contribution in [0.4, 0.5) is 0 Å². The molecule has 2 rings (SSSR count). The molecule has 94 valence electrons. The normalized spacial score (nSPS) is 13.9. The third kappa shape index (κ3) is 4.04. The summed E-state index contributed by atoms with van der Waals surface area (Å²) in [5.74, 6) is 1.29. The minimum absolute atomic E-state index is 1.03. The van der Waals surface area contributed by atoms with E-state index in [1.165, 1.54) is 43.4 Å². The van der Waals surface area contributed by atoms with E-state index in [0.29, 0.717) is 0 Å². The minimum Gasteiger partial charge on any atom is -0.313 e. The van der Waals surface area contributed by atoms with Crippen molar-refractivity contribution in [2.75, 3.05) is 18.6 Å². The summed E-state index contributed by atoms with van der Waals surface area (Å²) in [5, 5.41) is 3.54. The Kier molecular flexibility index (Phi) is 5.40. The van der Waals surface area contributed by atoms with Gasteiger partial charge in [0.15, 0.2) is 0 Å². The first-order chi connectivity index (χ1) is 8.40. The summed E-state index contributed by atoms with van der Waals surface area (Å²) in [6, 6.07) is 7.02. The molecule has 0 saturated carbocycles. The molecule has 1 aromatic carbocycles. The molecule has 0 unspecified atom stereocenters. The maximum atomic E-state index is 3.54. The van der Waals surface area contributed by atoms with Gasteiger partial charge in [-0.3, -0.25) is 0 Å². The van der Waals surface area contributed by atoms with Crippen molar-refractivity contribution in [3.8, 4) is 0 Å². The lowest BCUT2D eigenvalue weighted by molar-refractivity contribution is 0.643. The molecule has 1 aromatic rings. The number of nitrogens with one attached hydrogen (secondary N) is 1. The van der Waals surface area contributed by atoms with Crippen molar-refractivity contribution in [1.29, 1.82) is 0 Å². The van der Waals surface area contributed by atoms with Gasteiger partial charge in [0.05, 0.1) is 0 Å². The molecule has 17 heavy (non-hydrogen) atoms. The molecule has 0 heterocycles. The molecule has 0 atom stereocenters. The van der Waals surface area contributed by atoms with E-state index in [0.717, 1.165) is 13.1 Å². The summed E-state index contributed by atoms with van der Waals surface area (Å²) < 4.78 is 0. The first kappa shape index (κ1) is 13.0. The molecule has 1 N–H and O–H groups in total. The lowest BCUT2D eigenvalue weighted by atomic mass is 10.1. The average molecular weight is 249 g/mol. The van der Waals surface area contributed by atoms with Crippen LogP contribution in [0.15, 0.2) is 18.2 Å². The van der Waals surface area contributed by atoms with Crippen LogP contribution in [-0.4, -0.2) is 18.6 Å². The first-order valence-electron chi connectivity index (χ1n) is 6.70. The fraction of sp³-hybridized carbons (Fsp3) is 0.600. The maximum absolute atomic E-state index is 3.54. The zero-order chi connectivity index (χ0) is 11.9. The Bertz CT molecular complexity index is 349. The van der Waals surface area contributed by atoms with Crippen LogP contribution >= 0.6 is 11.8 Å². The van der Waals surface area contributed by atoms with Gasteiger partial charge >= 0.3 is 0 Å². The van der Waals surface area contributed by atoms with Crippen LogP contribution in [0.3, 0.4) is 0 Å². The number of hydrogen-bond donors (Lipinski definition) is 1. The largest absolute Gasteiger partial charge is 0.313 e. The molecule has 1 aliphatic rings. The molecule has 0 fully saturated rings. The van der Waals surface area contributed by atoms with Crippen molar-refractivity contribution in [2.45, 2.75) is 38.6 Å². The van der Waals surface area contributed by atoms with E-state index in [4.69, 9.17) is 0 Å². The molecule has 2 heteroatoms. The van der Waals surface area contributed by atoms with E-state index in [1.807, 2.05) is 11.8 Å². The summed E-state index contributed by atoms with van der Waals surface area (Å²) >= 11 is 1.94. The van der Waals surface area contributed by atoms with Gasteiger partial charge in [-0.25, -0.2) is 0 Å². The van der Waals surface area contributed by atoms with Crippen molar-refractivity contribution < 1.29 is 0 Å². The molecular weight excluding hydrogens is 226 g/mol. The molecule has 0 radical (unpaired) electrons. The number of unbranched alkanes of at least 4 members (excludes halogenated alkanes) is 1. The van der Waals surface area contributed by atoms with Gasteiger partial charge in [0, 0.05) is 6.54 Å². The highest BCUT2D eigenvalue weighted by Gasteiger charge is 2.10. The summed E-state index contributed by atoms with van der Waals surface area (Å²) in [6.07, 6.45) is 8.73. The van der Waals surface area contributed by atoms with Crippen molar-refractivity contribution >= 4 is 11.8 Å². The smallest absolute Gasteiger partial charge is 0.0205 e. The van der Waals surface area contributed by atoms with Crippen molar-refractivity contribution in [3.63, 3.8) is 0 Å². The van der Waals surface area contributed by atoms with Gasteiger partial charge in [0.1, 0.15) is 0 Å². The number of thioether (sulfide) groups is 1. The number of benzene rings is 1. The third-order valence-electron chi connectivity index (χ3n) is 3.44. The Labute approximate surface area is 109 Å². The van der Waals surface area contributed by atoms with E-state index in [9.17, 15) is 0 Å². The number of fused-ring (bicyclic) bond motifs is 1. The Morgan fingerprint density at radius 2 is 2.06 bits per heavy atom. The van der Waals surface area contributed by atoms with E-state index in [2.05, 4.69) is 29.8 Å². The van der Waals surface area contributed by atoms with E-state index >= 15 is 0 Å². The highest BCUT2D eigenvalue weighted by atomic mass is 32.2. The SMILES string of the molecule is CSCCCCNCc1ccc2c(c1)CCC2.